The van der Waals surface area contributed by atoms with Gasteiger partial charge in [-0.1, -0.05) is 13.8 Å². The molecule has 0 fully saturated rings. The molecule has 0 bridgehead atoms. The Bertz CT molecular complexity index is 827. The largest absolute Gasteiger partial charge is 0.494 e. The average molecular weight is 349 g/mol. The highest BCUT2D eigenvalue weighted by Crippen LogP contribution is 2.30. The molecule has 0 saturated carbocycles. The molecule has 6 nitrogen and oxygen atoms in total. The number of ether oxygens (including phenoxy) is 1. The molecule has 0 N–H and O–H groups in total. The Morgan fingerprint density at radius 3 is 2.83 bits per heavy atom. The van der Waals surface area contributed by atoms with Gasteiger partial charge in [-0.15, -0.1) is 0 Å². The first-order valence-corrected chi connectivity index (χ1v) is 9.71. The minimum Gasteiger partial charge on any atom is -0.494 e. The van der Waals surface area contributed by atoms with E-state index >= 15 is 0 Å². The molecule has 0 spiro atoms. The van der Waals surface area contributed by atoms with Crippen LogP contribution in [0.25, 0.3) is 0 Å². The molecule has 2 heterocycles. The maximum atomic E-state index is 13.1. The molecule has 2 aromatic rings. The molecule has 0 radical (unpaired) electrons. The molecular formula is C17H23N3O3S. The van der Waals surface area contributed by atoms with Crippen molar-refractivity contribution in [2.45, 2.75) is 44.4 Å². The summed E-state index contributed by atoms with van der Waals surface area (Å²) < 4.78 is 34.9. The minimum atomic E-state index is -3.63. The number of sulfonamides is 1. The molecule has 130 valence electrons. The topological polar surface area (TPSA) is 64.4 Å². The predicted molar refractivity (Wildman–Crippen MR) is 92.5 cm³/mol. The van der Waals surface area contributed by atoms with Crippen molar-refractivity contribution in [2.75, 3.05) is 17.6 Å². The van der Waals surface area contributed by atoms with Crippen molar-refractivity contribution in [3.63, 3.8) is 0 Å². The average Bonchev–Trinajstić information content (AvgIpc) is 3.03. The number of nitrogens with zero attached hydrogens (tertiary/aromatic N) is 3. The zero-order chi connectivity index (χ0) is 17.3. The van der Waals surface area contributed by atoms with Crippen molar-refractivity contribution >= 4 is 10.0 Å². The van der Waals surface area contributed by atoms with Crippen molar-refractivity contribution in [3.05, 3.63) is 42.0 Å². The number of imidazole rings is 1. The summed E-state index contributed by atoms with van der Waals surface area (Å²) in [6.07, 6.45) is 4.90. The lowest BCUT2D eigenvalue weighted by Gasteiger charge is -2.30. The van der Waals surface area contributed by atoms with Crippen molar-refractivity contribution in [1.29, 1.82) is 0 Å². The molecule has 1 aromatic carbocycles. The Morgan fingerprint density at radius 1 is 1.33 bits per heavy atom. The fourth-order valence-corrected chi connectivity index (χ4v) is 4.48. The molecule has 0 amide bonds. The van der Waals surface area contributed by atoms with E-state index in [1.165, 1.54) is 4.41 Å². The van der Waals surface area contributed by atoms with Crippen LogP contribution in [0.4, 0.5) is 0 Å². The first kappa shape index (κ1) is 16.8. The SMILES string of the molecule is CCOc1ccc(S(=O)(=O)N2CCCc3nccn32)cc1C(C)C. The summed E-state index contributed by atoms with van der Waals surface area (Å²) in [5, 5.41) is 0. The summed E-state index contributed by atoms with van der Waals surface area (Å²) in [5.74, 6) is 1.69. The van der Waals surface area contributed by atoms with Crippen molar-refractivity contribution in [3.8, 4) is 5.75 Å². The monoisotopic (exact) mass is 349 g/mol. The molecule has 0 saturated heterocycles. The highest BCUT2D eigenvalue weighted by molar-refractivity contribution is 7.92. The summed E-state index contributed by atoms with van der Waals surface area (Å²) >= 11 is 0. The molecular weight excluding hydrogens is 326 g/mol. The molecule has 1 aliphatic rings. The number of aryl methyl sites for hydroxylation is 1. The number of benzene rings is 1. The first-order valence-electron chi connectivity index (χ1n) is 8.27. The van der Waals surface area contributed by atoms with Crippen LogP contribution >= 0.6 is 0 Å². The highest BCUT2D eigenvalue weighted by Gasteiger charge is 2.29. The number of rotatable bonds is 5. The predicted octanol–water partition coefficient (Wildman–Crippen LogP) is 2.68. The number of aromatic nitrogens is 2. The Balaban J connectivity index is 2.04. The second kappa shape index (κ2) is 6.47. The smallest absolute Gasteiger partial charge is 0.277 e. The Kier molecular flexibility index (Phi) is 4.54. The van der Waals surface area contributed by atoms with Gasteiger partial charge in [-0.3, -0.25) is 0 Å². The van der Waals surface area contributed by atoms with Crippen molar-refractivity contribution in [2.24, 2.45) is 0 Å². The van der Waals surface area contributed by atoms with Crippen LogP contribution in [0.2, 0.25) is 0 Å². The van der Waals surface area contributed by atoms with Gasteiger partial charge in [0.15, 0.2) is 0 Å². The van der Waals surface area contributed by atoms with Gasteiger partial charge >= 0.3 is 0 Å². The summed E-state index contributed by atoms with van der Waals surface area (Å²) in [6, 6.07) is 5.11. The molecule has 0 unspecified atom stereocenters. The summed E-state index contributed by atoms with van der Waals surface area (Å²) in [6.45, 7) is 6.99. The van der Waals surface area contributed by atoms with Gasteiger partial charge in [0.25, 0.3) is 10.0 Å². The molecule has 3 rings (SSSR count). The molecule has 7 heteroatoms. The molecule has 1 aliphatic heterocycles. The van der Waals surface area contributed by atoms with Crippen LogP contribution in [0.5, 0.6) is 5.75 Å². The van der Waals surface area contributed by atoms with E-state index in [1.54, 1.807) is 35.3 Å². The van der Waals surface area contributed by atoms with E-state index in [-0.39, 0.29) is 10.8 Å². The Labute approximate surface area is 143 Å². The third kappa shape index (κ3) is 2.88. The van der Waals surface area contributed by atoms with Gasteiger partial charge in [0.05, 0.1) is 18.0 Å². The Hall–Kier alpha value is -2.02. The third-order valence-corrected chi connectivity index (χ3v) is 5.93. The van der Waals surface area contributed by atoms with Gasteiger partial charge in [0.2, 0.25) is 0 Å². The summed E-state index contributed by atoms with van der Waals surface area (Å²) in [5.41, 5.74) is 0.904. The van der Waals surface area contributed by atoms with E-state index < -0.39 is 10.0 Å². The van der Waals surface area contributed by atoms with Crippen LogP contribution in [0, 0.1) is 0 Å². The van der Waals surface area contributed by atoms with Gasteiger partial charge in [0.1, 0.15) is 11.6 Å². The van der Waals surface area contributed by atoms with E-state index in [1.807, 2.05) is 20.8 Å². The van der Waals surface area contributed by atoms with E-state index in [0.717, 1.165) is 30.0 Å². The van der Waals surface area contributed by atoms with Gasteiger partial charge < -0.3 is 4.74 Å². The van der Waals surface area contributed by atoms with E-state index in [4.69, 9.17) is 4.74 Å². The quantitative estimate of drug-likeness (QED) is 0.832. The molecule has 1 aromatic heterocycles. The van der Waals surface area contributed by atoms with Gasteiger partial charge in [-0.05, 0) is 43.0 Å². The zero-order valence-corrected chi connectivity index (χ0v) is 15.1. The Morgan fingerprint density at radius 2 is 2.12 bits per heavy atom. The standard InChI is InChI=1S/C17H23N3O3S/c1-4-23-16-8-7-14(12-15(16)13(2)3)24(21,22)20-10-5-6-17-18-9-11-19(17)20/h7-9,11-13H,4-6,10H2,1-3H3. The van der Waals surface area contributed by atoms with Crippen molar-refractivity contribution in [1.82, 2.24) is 9.66 Å². The van der Waals surface area contributed by atoms with Crippen LogP contribution in [0.1, 0.15) is 44.5 Å². The number of hydrogen-bond donors (Lipinski definition) is 0. The second-order valence-electron chi connectivity index (χ2n) is 6.13. The van der Waals surface area contributed by atoms with Gasteiger partial charge in [-0.25, -0.2) is 14.1 Å². The second-order valence-corrected chi connectivity index (χ2v) is 7.97. The van der Waals surface area contributed by atoms with E-state index in [9.17, 15) is 8.42 Å². The zero-order valence-electron chi connectivity index (χ0n) is 14.3. The highest BCUT2D eigenvalue weighted by atomic mass is 32.2. The fraction of sp³-hybridized carbons (Fsp3) is 0.471. The van der Waals surface area contributed by atoms with Crippen molar-refractivity contribution < 1.29 is 13.2 Å². The summed E-state index contributed by atoms with van der Waals surface area (Å²) in [4.78, 5) is 4.52. The maximum Gasteiger partial charge on any atom is 0.277 e. The fourth-order valence-electron chi connectivity index (χ4n) is 2.97. The third-order valence-electron chi connectivity index (χ3n) is 4.16. The lowest BCUT2D eigenvalue weighted by Crippen LogP contribution is -2.44. The van der Waals surface area contributed by atoms with Crippen LogP contribution in [-0.2, 0) is 16.4 Å². The maximum absolute atomic E-state index is 13.1. The lowest BCUT2D eigenvalue weighted by atomic mass is 10.0. The van der Waals surface area contributed by atoms with Crippen LogP contribution in [0.15, 0.2) is 35.5 Å². The first-order chi connectivity index (χ1) is 11.4. The van der Waals surface area contributed by atoms with Crippen LogP contribution in [0.3, 0.4) is 0 Å². The molecule has 0 atom stereocenters. The molecule has 24 heavy (non-hydrogen) atoms. The molecule has 0 aliphatic carbocycles. The normalized spacial score (nSPS) is 14.8. The number of fused-ring (bicyclic) bond motifs is 1. The van der Waals surface area contributed by atoms with E-state index in [0.29, 0.717) is 13.2 Å². The van der Waals surface area contributed by atoms with Gasteiger partial charge in [-0.2, -0.15) is 8.42 Å². The van der Waals surface area contributed by atoms with E-state index in [2.05, 4.69) is 4.98 Å². The lowest BCUT2D eigenvalue weighted by molar-refractivity contribution is 0.335. The van der Waals surface area contributed by atoms with Gasteiger partial charge in [0, 0.05) is 18.8 Å². The van der Waals surface area contributed by atoms with Crippen LogP contribution < -0.4 is 9.15 Å². The summed E-state index contributed by atoms with van der Waals surface area (Å²) in [7, 11) is -3.63. The van der Waals surface area contributed by atoms with Crippen LogP contribution in [-0.4, -0.2) is 31.2 Å². The number of hydrogen-bond acceptors (Lipinski definition) is 4. The minimum absolute atomic E-state index is 0.173.